The van der Waals surface area contributed by atoms with Crippen LogP contribution in [0.3, 0.4) is 0 Å². The van der Waals surface area contributed by atoms with Crippen molar-refractivity contribution in [3.05, 3.63) is 98.9 Å². The van der Waals surface area contributed by atoms with E-state index in [4.69, 9.17) is 13.9 Å². The molecule has 11 nitrogen and oxygen atoms in total. The van der Waals surface area contributed by atoms with Gasteiger partial charge >= 0.3 is 0 Å². The van der Waals surface area contributed by atoms with Crippen molar-refractivity contribution in [2.24, 2.45) is 11.0 Å². The number of furan rings is 2. The Bertz CT molecular complexity index is 1620. The molecule has 2 aliphatic rings. The summed E-state index contributed by atoms with van der Waals surface area (Å²) in [6, 6.07) is 10.7. The Morgan fingerprint density at radius 1 is 1.19 bits per heavy atom. The maximum Gasteiger partial charge on any atom is 0.270 e. The maximum absolute atomic E-state index is 13.6. The number of allylic oxidation sites excluding steroid dienone is 1. The summed E-state index contributed by atoms with van der Waals surface area (Å²) in [5, 5.41) is 17.4. The van der Waals surface area contributed by atoms with Crippen LogP contribution in [0.1, 0.15) is 36.8 Å². The monoisotopic (exact) mass is 499 g/mol. The lowest BCUT2D eigenvalue weighted by Gasteiger charge is -2.27. The van der Waals surface area contributed by atoms with E-state index in [1.807, 2.05) is 24.3 Å². The van der Waals surface area contributed by atoms with Crippen LogP contribution in [-0.2, 0) is 11.3 Å². The fourth-order valence-corrected chi connectivity index (χ4v) is 5.08. The molecule has 3 aromatic heterocycles. The van der Waals surface area contributed by atoms with Gasteiger partial charge in [0.25, 0.3) is 17.2 Å². The number of aromatic nitrogens is 2. The maximum atomic E-state index is 13.6. The van der Waals surface area contributed by atoms with E-state index in [1.54, 1.807) is 18.6 Å². The van der Waals surface area contributed by atoms with Crippen molar-refractivity contribution in [2.75, 3.05) is 0 Å². The fraction of sp³-hybridized carbons (Fsp3) is 0.231. The van der Waals surface area contributed by atoms with E-state index in [9.17, 15) is 19.7 Å². The molecule has 1 saturated carbocycles. The normalized spacial score (nSPS) is 20.3. The van der Waals surface area contributed by atoms with Gasteiger partial charge in [0, 0.05) is 18.1 Å². The average Bonchev–Trinajstić information content (AvgIpc) is 3.67. The average molecular weight is 499 g/mol. The van der Waals surface area contributed by atoms with E-state index in [-0.39, 0.29) is 23.5 Å². The largest absolute Gasteiger partial charge is 0.467 e. The quantitative estimate of drug-likeness (QED) is 0.295. The zero-order chi connectivity index (χ0) is 25.5. The Labute approximate surface area is 209 Å². The van der Waals surface area contributed by atoms with Crippen LogP contribution in [0.5, 0.6) is 0 Å². The van der Waals surface area contributed by atoms with Crippen LogP contribution in [0.25, 0.3) is 17.0 Å². The molecule has 0 saturated heterocycles. The molecule has 0 radical (unpaired) electrons. The molecule has 37 heavy (non-hydrogen) atoms. The van der Waals surface area contributed by atoms with Crippen molar-refractivity contribution in [3.8, 4) is 0 Å². The first-order valence-corrected chi connectivity index (χ1v) is 11.8. The Kier molecular flexibility index (Phi) is 5.52. The molecular weight excluding hydrogens is 478 g/mol. The van der Waals surface area contributed by atoms with Gasteiger partial charge in [-0.05, 0) is 61.2 Å². The zero-order valence-electron chi connectivity index (χ0n) is 19.5. The molecule has 1 aromatic carbocycles. The highest BCUT2D eigenvalue weighted by Crippen LogP contribution is 2.44. The number of nitrogens with zero attached hydrogens (tertiary/aromatic N) is 5. The molecule has 1 aliphatic heterocycles. The smallest absolute Gasteiger partial charge is 0.270 e. The van der Waals surface area contributed by atoms with Crippen molar-refractivity contribution in [1.29, 1.82) is 0 Å². The SMILES string of the molecule is O=C(Cn1cnc2ccc([N+](=O)[O-])cc2c1=O)N1N=C2/C(=C\c3ccco3)CCCC2C1c1ccco1. The first-order chi connectivity index (χ1) is 18.0. The number of non-ortho nitro benzene ring substituents is 1. The number of amides is 1. The van der Waals surface area contributed by atoms with Crippen molar-refractivity contribution < 1.29 is 18.6 Å². The Morgan fingerprint density at radius 2 is 2.03 bits per heavy atom. The number of rotatable bonds is 5. The lowest BCUT2D eigenvalue weighted by molar-refractivity contribution is -0.384. The van der Waals surface area contributed by atoms with Gasteiger partial charge < -0.3 is 8.83 Å². The number of hydrogen-bond donors (Lipinski definition) is 0. The van der Waals surface area contributed by atoms with E-state index in [0.717, 1.165) is 35.1 Å². The van der Waals surface area contributed by atoms with Crippen molar-refractivity contribution >= 4 is 34.3 Å². The van der Waals surface area contributed by atoms with Crippen LogP contribution in [0.4, 0.5) is 5.69 Å². The highest BCUT2D eigenvalue weighted by atomic mass is 16.6. The summed E-state index contributed by atoms with van der Waals surface area (Å²) in [5.74, 6) is 0.824. The van der Waals surface area contributed by atoms with Gasteiger partial charge in [-0.25, -0.2) is 9.99 Å². The van der Waals surface area contributed by atoms with Gasteiger partial charge in [-0.15, -0.1) is 0 Å². The molecule has 0 N–H and O–H groups in total. The van der Waals surface area contributed by atoms with E-state index < -0.39 is 22.4 Å². The number of benzene rings is 1. The van der Waals surface area contributed by atoms with Gasteiger partial charge in [0.2, 0.25) is 0 Å². The van der Waals surface area contributed by atoms with Gasteiger partial charge in [0.15, 0.2) is 0 Å². The molecule has 4 heterocycles. The Hall–Kier alpha value is -4.80. The molecular formula is C26H21N5O6. The summed E-state index contributed by atoms with van der Waals surface area (Å²) < 4.78 is 12.3. The molecule has 186 valence electrons. The van der Waals surface area contributed by atoms with Gasteiger partial charge in [0.1, 0.15) is 24.1 Å². The van der Waals surface area contributed by atoms with Gasteiger partial charge in [-0.2, -0.15) is 5.10 Å². The third-order valence-electron chi connectivity index (χ3n) is 6.78. The summed E-state index contributed by atoms with van der Waals surface area (Å²) in [4.78, 5) is 41.5. The molecule has 1 aliphatic carbocycles. The van der Waals surface area contributed by atoms with Crippen molar-refractivity contribution in [2.45, 2.75) is 31.8 Å². The molecule has 2 atom stereocenters. The number of hydrogen-bond acceptors (Lipinski definition) is 8. The lowest BCUT2D eigenvalue weighted by atomic mass is 9.79. The summed E-state index contributed by atoms with van der Waals surface area (Å²) >= 11 is 0. The first-order valence-electron chi connectivity index (χ1n) is 11.8. The third kappa shape index (κ3) is 4.03. The molecule has 2 unspecified atom stereocenters. The fourth-order valence-electron chi connectivity index (χ4n) is 5.08. The number of hydrazone groups is 1. The summed E-state index contributed by atoms with van der Waals surface area (Å²) in [5.41, 5.74) is 1.35. The van der Waals surface area contributed by atoms with E-state index in [0.29, 0.717) is 17.0 Å². The predicted octanol–water partition coefficient (Wildman–Crippen LogP) is 4.31. The van der Waals surface area contributed by atoms with Gasteiger partial charge in [-0.3, -0.25) is 24.3 Å². The third-order valence-corrected chi connectivity index (χ3v) is 6.78. The summed E-state index contributed by atoms with van der Waals surface area (Å²) in [7, 11) is 0. The van der Waals surface area contributed by atoms with Gasteiger partial charge in [0.05, 0.1) is 40.4 Å². The number of carbonyl (C=O) groups excluding carboxylic acids is 1. The van der Waals surface area contributed by atoms with E-state index in [2.05, 4.69) is 4.98 Å². The van der Waals surface area contributed by atoms with Gasteiger partial charge in [-0.1, -0.05) is 0 Å². The number of fused-ring (bicyclic) bond motifs is 2. The Morgan fingerprint density at radius 3 is 2.78 bits per heavy atom. The lowest BCUT2D eigenvalue weighted by Crippen LogP contribution is -2.36. The molecule has 11 heteroatoms. The Balaban J connectivity index is 1.37. The molecule has 1 fully saturated rings. The van der Waals surface area contributed by atoms with E-state index >= 15 is 0 Å². The number of nitro groups is 1. The van der Waals surface area contributed by atoms with Crippen LogP contribution in [0, 0.1) is 16.0 Å². The standard InChI is InChI=1S/C26H21N5O6/c32-23(14-29-15-27-21-9-8-17(31(34)35)13-20(21)26(29)33)30-25(22-7-3-11-37-22)19-6-1-4-16(24(19)28-30)12-18-5-2-10-36-18/h2-3,5,7-13,15,19,25H,1,4,6,14H2/b16-12-. The zero-order valence-corrected chi connectivity index (χ0v) is 19.5. The van der Waals surface area contributed by atoms with Crippen molar-refractivity contribution in [3.63, 3.8) is 0 Å². The van der Waals surface area contributed by atoms with Crippen molar-refractivity contribution in [1.82, 2.24) is 14.6 Å². The summed E-state index contributed by atoms with van der Waals surface area (Å²) in [6.45, 7) is -0.331. The highest BCUT2D eigenvalue weighted by molar-refractivity contribution is 6.07. The molecule has 4 aromatic rings. The highest BCUT2D eigenvalue weighted by Gasteiger charge is 2.45. The summed E-state index contributed by atoms with van der Waals surface area (Å²) in [6.07, 6.45) is 8.93. The molecule has 0 spiro atoms. The van der Waals surface area contributed by atoms with Crippen LogP contribution >= 0.6 is 0 Å². The van der Waals surface area contributed by atoms with Crippen LogP contribution in [-0.4, -0.2) is 31.1 Å². The van der Waals surface area contributed by atoms with Crippen LogP contribution in [0.2, 0.25) is 0 Å². The molecule has 6 rings (SSSR count). The number of carbonyl (C=O) groups is 1. The second-order valence-electron chi connectivity index (χ2n) is 9.00. The first kappa shape index (κ1) is 22.7. The van der Waals surface area contributed by atoms with E-state index in [1.165, 1.54) is 29.5 Å². The second kappa shape index (κ2) is 9.01. The minimum atomic E-state index is -0.578. The van der Waals surface area contributed by atoms with Crippen LogP contribution in [0.15, 0.2) is 85.6 Å². The second-order valence-corrected chi connectivity index (χ2v) is 9.00. The minimum Gasteiger partial charge on any atom is -0.467 e. The van der Waals surface area contributed by atoms with Crippen LogP contribution < -0.4 is 5.56 Å². The topological polar surface area (TPSA) is 137 Å². The molecule has 1 amide bonds. The minimum absolute atomic E-state index is 0.0668. The molecule has 0 bridgehead atoms. The number of nitro benzene ring substituents is 1. The predicted molar refractivity (Wildman–Crippen MR) is 132 cm³/mol.